The average molecular weight is 519 g/mol. The van der Waals surface area contributed by atoms with Crippen LogP contribution in [0.2, 0.25) is 0 Å². The molecule has 0 spiro atoms. The first kappa shape index (κ1) is 27.4. The Morgan fingerprint density at radius 3 is 2.68 bits per heavy atom. The summed E-state index contributed by atoms with van der Waals surface area (Å²) >= 11 is 0. The molecule has 0 radical (unpaired) electrons. The van der Waals surface area contributed by atoms with E-state index in [9.17, 15) is 18.8 Å². The third-order valence-electron chi connectivity index (χ3n) is 7.50. The second-order valence-corrected chi connectivity index (χ2v) is 10.5. The summed E-state index contributed by atoms with van der Waals surface area (Å²) in [6.07, 6.45) is 2.84. The lowest BCUT2D eigenvalue weighted by molar-refractivity contribution is -0.139. The second-order valence-electron chi connectivity index (χ2n) is 10.5. The molecule has 7 atom stereocenters. The van der Waals surface area contributed by atoms with Crippen molar-refractivity contribution in [1.29, 1.82) is 0 Å². The lowest BCUT2D eigenvalue weighted by Crippen LogP contribution is -2.58. The van der Waals surface area contributed by atoms with Crippen LogP contribution in [-0.4, -0.2) is 72.1 Å². The summed E-state index contributed by atoms with van der Waals surface area (Å²) in [6, 6.07) is 4.46. The molecule has 11 heteroatoms. The number of likely N-dealkylation sites (tertiary alicyclic amines) is 1. The molecule has 1 aromatic carbocycles. The maximum atomic E-state index is 14.2. The van der Waals surface area contributed by atoms with Crippen molar-refractivity contribution in [2.45, 2.75) is 95.4 Å². The molecule has 204 valence electrons. The number of hydroxylamine groups is 1. The predicted molar refractivity (Wildman–Crippen MR) is 135 cm³/mol. The highest BCUT2D eigenvalue weighted by Crippen LogP contribution is 2.21. The van der Waals surface area contributed by atoms with Gasteiger partial charge in [-0.05, 0) is 46.1 Å². The fourth-order valence-electron chi connectivity index (χ4n) is 5.30. The van der Waals surface area contributed by atoms with Crippen molar-refractivity contribution in [3.63, 3.8) is 0 Å². The number of amides is 3. The van der Waals surface area contributed by atoms with Crippen LogP contribution in [0.5, 0.6) is 0 Å². The van der Waals surface area contributed by atoms with Gasteiger partial charge in [0.2, 0.25) is 17.7 Å². The fourth-order valence-corrected chi connectivity index (χ4v) is 5.30. The van der Waals surface area contributed by atoms with Gasteiger partial charge in [-0.25, -0.2) is 4.39 Å². The molecule has 37 heavy (non-hydrogen) atoms. The number of benzene rings is 1. The zero-order valence-electron chi connectivity index (χ0n) is 21.8. The number of hydrogen-bond donors (Lipinski definition) is 5. The molecule has 1 aromatic rings. The maximum Gasteiger partial charge on any atom is 0.243 e. The molecule has 0 aromatic heterocycles. The third kappa shape index (κ3) is 6.84. The van der Waals surface area contributed by atoms with Gasteiger partial charge in [0.15, 0.2) is 0 Å². The minimum Gasteiger partial charge on any atom is -0.349 e. The first-order valence-corrected chi connectivity index (χ1v) is 13.3. The van der Waals surface area contributed by atoms with E-state index in [1.165, 1.54) is 6.07 Å². The van der Waals surface area contributed by atoms with Crippen molar-refractivity contribution in [3.05, 3.63) is 35.6 Å². The number of rotatable bonds is 8. The Labute approximate surface area is 217 Å². The summed E-state index contributed by atoms with van der Waals surface area (Å²) in [6.45, 7) is 6.85. The Morgan fingerprint density at radius 2 is 1.97 bits per heavy atom. The molecular formula is C26H39FN6O4. The lowest BCUT2D eigenvalue weighted by Gasteiger charge is -2.34. The number of halogens is 1. The monoisotopic (exact) mass is 518 g/mol. The number of nitrogens with one attached hydrogen (secondary N) is 5. The molecule has 0 bridgehead atoms. The molecule has 3 aliphatic heterocycles. The standard InChI is InChI=1S/C26H39FN6O4/c1-15-8-6-7-11-33(15)23(34)13-20(31-26(36)21-12-16(2)37-32-21)25(35)29-17(3)24-28-14-22(30-24)18-9-4-5-10-19(18)27/h4-5,9-10,15-17,20-22,24,28,30,32H,6-8,11-14H2,1-3H3,(H,29,35)(H,31,36)/t15-,16?,17-,20-,21?,22?,24?/m0/s1. The SMILES string of the molecule is CC1CC(C(=O)N[C@@H](CC(=O)N2CCCC[C@@H]2C)C(=O)N[C@@H](C)C2NCC(c3ccccc3F)N2)NO1. The molecule has 5 N–H and O–H groups in total. The summed E-state index contributed by atoms with van der Waals surface area (Å²) in [4.78, 5) is 46.5. The van der Waals surface area contributed by atoms with E-state index in [0.29, 0.717) is 25.1 Å². The van der Waals surface area contributed by atoms with Crippen molar-refractivity contribution >= 4 is 17.7 Å². The Balaban J connectivity index is 1.39. The van der Waals surface area contributed by atoms with E-state index in [1.54, 1.807) is 23.1 Å². The van der Waals surface area contributed by atoms with Gasteiger partial charge in [0, 0.05) is 37.2 Å². The molecule has 3 aliphatic rings. The van der Waals surface area contributed by atoms with Crippen LogP contribution < -0.4 is 26.7 Å². The van der Waals surface area contributed by atoms with Gasteiger partial charge in [-0.1, -0.05) is 18.2 Å². The summed E-state index contributed by atoms with van der Waals surface area (Å²) < 4.78 is 14.2. The zero-order chi connectivity index (χ0) is 26.5. The van der Waals surface area contributed by atoms with Crippen LogP contribution in [0.15, 0.2) is 24.3 Å². The van der Waals surface area contributed by atoms with E-state index in [4.69, 9.17) is 4.84 Å². The van der Waals surface area contributed by atoms with Gasteiger partial charge in [-0.3, -0.25) is 29.9 Å². The number of hydrogen-bond acceptors (Lipinski definition) is 7. The minimum atomic E-state index is -1.03. The van der Waals surface area contributed by atoms with Gasteiger partial charge in [-0.15, -0.1) is 0 Å². The fraction of sp³-hybridized carbons (Fsp3) is 0.654. The quantitative estimate of drug-likeness (QED) is 0.346. The van der Waals surface area contributed by atoms with Crippen LogP contribution in [0.3, 0.4) is 0 Å². The number of carbonyl (C=O) groups excluding carboxylic acids is 3. The Hall–Kier alpha value is -2.60. The molecule has 4 unspecified atom stereocenters. The van der Waals surface area contributed by atoms with E-state index in [1.807, 2.05) is 20.8 Å². The third-order valence-corrected chi connectivity index (χ3v) is 7.50. The Kier molecular flexibility index (Phi) is 9.12. The van der Waals surface area contributed by atoms with Gasteiger partial charge in [0.25, 0.3) is 0 Å². The molecule has 10 nitrogen and oxygen atoms in total. The normalized spacial score (nSPS) is 29.5. The van der Waals surface area contributed by atoms with Crippen LogP contribution in [-0.2, 0) is 19.2 Å². The average Bonchev–Trinajstić information content (AvgIpc) is 3.53. The second kappa shape index (κ2) is 12.3. The summed E-state index contributed by atoms with van der Waals surface area (Å²) in [5.41, 5.74) is 3.25. The molecule has 4 rings (SSSR count). The summed E-state index contributed by atoms with van der Waals surface area (Å²) in [5, 5.41) is 12.3. The largest absolute Gasteiger partial charge is 0.349 e. The number of carbonyl (C=O) groups is 3. The van der Waals surface area contributed by atoms with Crippen molar-refractivity contribution in [3.8, 4) is 0 Å². The van der Waals surface area contributed by atoms with Gasteiger partial charge in [-0.2, -0.15) is 5.48 Å². The lowest BCUT2D eigenvalue weighted by atomic mass is 10.0. The molecule has 3 amide bonds. The van der Waals surface area contributed by atoms with Crippen molar-refractivity contribution in [1.82, 2.24) is 31.6 Å². The summed E-state index contributed by atoms with van der Waals surface area (Å²) in [7, 11) is 0. The number of nitrogens with zero attached hydrogens (tertiary/aromatic N) is 1. The molecule has 3 heterocycles. The van der Waals surface area contributed by atoms with Gasteiger partial charge in [0.1, 0.15) is 17.9 Å². The Morgan fingerprint density at radius 1 is 1.19 bits per heavy atom. The molecule has 0 aliphatic carbocycles. The van der Waals surface area contributed by atoms with Crippen LogP contribution in [0.25, 0.3) is 0 Å². The van der Waals surface area contributed by atoms with Crippen LogP contribution in [0.1, 0.15) is 64.5 Å². The van der Waals surface area contributed by atoms with Crippen molar-refractivity contribution < 1.29 is 23.6 Å². The summed E-state index contributed by atoms with van der Waals surface area (Å²) in [5.74, 6) is -1.26. The van der Waals surface area contributed by atoms with E-state index in [0.717, 1.165) is 19.3 Å². The molecular weight excluding hydrogens is 479 g/mol. The highest BCUT2D eigenvalue weighted by atomic mass is 19.1. The molecule has 0 saturated carbocycles. The van der Waals surface area contributed by atoms with Crippen molar-refractivity contribution in [2.75, 3.05) is 13.1 Å². The van der Waals surface area contributed by atoms with Crippen molar-refractivity contribution in [2.24, 2.45) is 0 Å². The predicted octanol–water partition coefficient (Wildman–Crippen LogP) is 0.848. The van der Waals surface area contributed by atoms with Gasteiger partial charge in [0.05, 0.1) is 24.7 Å². The van der Waals surface area contributed by atoms with Crippen LogP contribution in [0, 0.1) is 5.82 Å². The van der Waals surface area contributed by atoms with Gasteiger partial charge < -0.3 is 15.5 Å². The first-order chi connectivity index (χ1) is 17.7. The smallest absolute Gasteiger partial charge is 0.243 e. The highest BCUT2D eigenvalue weighted by Gasteiger charge is 2.36. The highest BCUT2D eigenvalue weighted by molar-refractivity contribution is 5.93. The van der Waals surface area contributed by atoms with Crippen LogP contribution >= 0.6 is 0 Å². The minimum absolute atomic E-state index is 0.104. The Bertz CT molecular complexity index is 980. The molecule has 3 fully saturated rings. The topological polar surface area (TPSA) is 124 Å². The zero-order valence-corrected chi connectivity index (χ0v) is 21.8. The van der Waals surface area contributed by atoms with Gasteiger partial charge >= 0.3 is 0 Å². The molecule has 3 saturated heterocycles. The maximum absolute atomic E-state index is 14.2. The van der Waals surface area contributed by atoms with E-state index in [2.05, 4.69) is 26.7 Å². The first-order valence-electron chi connectivity index (χ1n) is 13.3. The van der Waals surface area contributed by atoms with E-state index in [-0.39, 0.29) is 54.4 Å². The van der Waals surface area contributed by atoms with E-state index >= 15 is 0 Å². The van der Waals surface area contributed by atoms with E-state index < -0.39 is 18.0 Å². The number of piperidine rings is 1. The van der Waals surface area contributed by atoms with Crippen LogP contribution in [0.4, 0.5) is 4.39 Å².